The van der Waals surface area contributed by atoms with E-state index < -0.39 is 0 Å². The van der Waals surface area contributed by atoms with Gasteiger partial charge in [0.2, 0.25) is 5.91 Å². The molecule has 0 aliphatic carbocycles. The van der Waals surface area contributed by atoms with E-state index in [1.54, 1.807) is 7.05 Å². The van der Waals surface area contributed by atoms with Crippen molar-refractivity contribution in [1.29, 1.82) is 0 Å². The van der Waals surface area contributed by atoms with Crippen molar-refractivity contribution in [2.75, 3.05) is 46.5 Å². The van der Waals surface area contributed by atoms with Crippen LogP contribution in [-0.4, -0.2) is 57.3 Å². The van der Waals surface area contributed by atoms with E-state index in [4.69, 9.17) is 9.47 Å². The Morgan fingerprint density at radius 1 is 0.903 bits per heavy atom. The highest BCUT2D eigenvalue weighted by Crippen LogP contribution is 2.15. The van der Waals surface area contributed by atoms with E-state index >= 15 is 0 Å². The van der Waals surface area contributed by atoms with Crippen LogP contribution in [0.4, 0.5) is 0 Å². The van der Waals surface area contributed by atoms with Crippen LogP contribution in [-0.2, 0) is 28.8 Å². The van der Waals surface area contributed by atoms with Crippen molar-refractivity contribution >= 4 is 5.91 Å². The fraction of sp³-hybridized carbons (Fsp3) is 0.500. The van der Waals surface area contributed by atoms with E-state index in [9.17, 15) is 4.79 Å². The molecule has 3 rings (SSSR count). The Hall–Kier alpha value is -2.37. The number of aryl methyl sites for hydroxylation is 2. The minimum absolute atomic E-state index is 0.0529. The van der Waals surface area contributed by atoms with Crippen LogP contribution in [0.25, 0.3) is 0 Å². The maximum absolute atomic E-state index is 11.4. The van der Waals surface area contributed by atoms with E-state index in [1.807, 2.05) is 0 Å². The van der Waals surface area contributed by atoms with E-state index in [1.165, 1.54) is 17.5 Å². The third-order valence-corrected chi connectivity index (χ3v) is 5.76. The number of nitrogens with zero attached hydrogens (tertiary/aromatic N) is 1. The molecule has 0 atom stereocenters. The zero-order chi connectivity index (χ0) is 21.7. The number of benzene rings is 2. The van der Waals surface area contributed by atoms with Gasteiger partial charge in [0.15, 0.2) is 0 Å². The summed E-state index contributed by atoms with van der Waals surface area (Å²) in [6.45, 7) is 5.63. The first-order chi connectivity index (χ1) is 15.2. The summed E-state index contributed by atoms with van der Waals surface area (Å²) in [5.74, 6) is 1.01. The molecular weight excluding hydrogens is 388 g/mol. The van der Waals surface area contributed by atoms with Crippen molar-refractivity contribution in [2.45, 2.75) is 38.5 Å². The van der Waals surface area contributed by atoms with Crippen molar-refractivity contribution in [3.8, 4) is 5.75 Å². The second-order valence-electron chi connectivity index (χ2n) is 8.17. The molecule has 1 aliphatic rings. The molecule has 0 bridgehead atoms. The van der Waals surface area contributed by atoms with Gasteiger partial charge in [-0.05, 0) is 60.9 Å². The van der Waals surface area contributed by atoms with Crippen LogP contribution in [0.3, 0.4) is 0 Å². The molecule has 2 aromatic carbocycles. The first-order valence-corrected chi connectivity index (χ1v) is 11.5. The largest absolute Gasteiger partial charge is 0.494 e. The van der Waals surface area contributed by atoms with Crippen LogP contribution in [0.15, 0.2) is 48.5 Å². The van der Waals surface area contributed by atoms with Gasteiger partial charge in [0, 0.05) is 26.7 Å². The Balaban J connectivity index is 1.28. The van der Waals surface area contributed by atoms with Crippen molar-refractivity contribution in [2.24, 2.45) is 0 Å². The van der Waals surface area contributed by atoms with Crippen molar-refractivity contribution in [3.05, 3.63) is 65.2 Å². The number of likely N-dealkylation sites (N-methyl/N-ethyl adjacent to an activating group) is 1. The molecule has 1 N–H and O–H groups in total. The third kappa shape index (κ3) is 8.72. The van der Waals surface area contributed by atoms with Gasteiger partial charge in [0.05, 0.1) is 26.2 Å². The van der Waals surface area contributed by atoms with Gasteiger partial charge in [-0.1, -0.05) is 36.4 Å². The topological polar surface area (TPSA) is 50.8 Å². The smallest absolute Gasteiger partial charge is 0.224 e. The number of amides is 1. The predicted octanol–water partition coefficient (Wildman–Crippen LogP) is 3.64. The number of carbonyl (C=O) groups is 1. The molecular formula is C26H36N2O3. The zero-order valence-corrected chi connectivity index (χ0v) is 18.8. The Bertz CT molecular complexity index is 768. The monoisotopic (exact) mass is 424 g/mol. The lowest BCUT2D eigenvalue weighted by molar-refractivity contribution is -0.119. The molecule has 0 aromatic heterocycles. The average Bonchev–Trinajstić information content (AvgIpc) is 2.82. The first kappa shape index (κ1) is 23.3. The minimum atomic E-state index is 0.0529. The van der Waals surface area contributed by atoms with E-state index in [-0.39, 0.29) is 5.91 Å². The summed E-state index contributed by atoms with van der Waals surface area (Å²) in [5.41, 5.74) is 3.76. The van der Waals surface area contributed by atoms with Crippen LogP contribution in [0.5, 0.6) is 5.75 Å². The second-order valence-corrected chi connectivity index (χ2v) is 8.17. The van der Waals surface area contributed by atoms with Gasteiger partial charge < -0.3 is 14.8 Å². The molecule has 31 heavy (non-hydrogen) atoms. The summed E-state index contributed by atoms with van der Waals surface area (Å²) >= 11 is 0. The summed E-state index contributed by atoms with van der Waals surface area (Å²) in [4.78, 5) is 13.9. The SMILES string of the molecule is CNC(=O)Cc1ccc(CCCCc2ccc(OCCCN3CCOCC3)cc2)cc1. The van der Waals surface area contributed by atoms with Crippen LogP contribution < -0.4 is 10.1 Å². The van der Waals surface area contributed by atoms with Crippen LogP contribution >= 0.6 is 0 Å². The number of morpholine rings is 1. The molecule has 0 unspecified atom stereocenters. The Morgan fingerprint density at radius 3 is 2.10 bits per heavy atom. The summed E-state index contributed by atoms with van der Waals surface area (Å²) in [7, 11) is 1.67. The predicted molar refractivity (Wildman–Crippen MR) is 125 cm³/mol. The van der Waals surface area contributed by atoms with Crippen molar-refractivity contribution < 1.29 is 14.3 Å². The minimum Gasteiger partial charge on any atom is -0.494 e. The number of carbonyl (C=O) groups excluding carboxylic acids is 1. The molecule has 1 amide bonds. The molecule has 2 aromatic rings. The number of unbranched alkanes of at least 4 members (excludes halogenated alkanes) is 1. The summed E-state index contributed by atoms with van der Waals surface area (Å²) in [6, 6.07) is 17.0. The Labute approximate surface area is 186 Å². The lowest BCUT2D eigenvalue weighted by Gasteiger charge is -2.26. The van der Waals surface area contributed by atoms with E-state index in [2.05, 4.69) is 58.7 Å². The molecule has 5 heteroatoms. The maximum Gasteiger partial charge on any atom is 0.224 e. The van der Waals surface area contributed by atoms with Crippen LogP contribution in [0.2, 0.25) is 0 Å². The van der Waals surface area contributed by atoms with Crippen molar-refractivity contribution in [1.82, 2.24) is 10.2 Å². The number of hydrogen-bond acceptors (Lipinski definition) is 4. The molecule has 0 saturated carbocycles. The van der Waals surface area contributed by atoms with E-state index in [0.29, 0.717) is 6.42 Å². The Morgan fingerprint density at radius 2 is 1.48 bits per heavy atom. The molecule has 1 fully saturated rings. The lowest BCUT2D eigenvalue weighted by Crippen LogP contribution is -2.37. The highest BCUT2D eigenvalue weighted by atomic mass is 16.5. The zero-order valence-electron chi connectivity index (χ0n) is 18.8. The van der Waals surface area contributed by atoms with Gasteiger partial charge in [-0.3, -0.25) is 9.69 Å². The molecule has 1 aliphatic heterocycles. The fourth-order valence-corrected chi connectivity index (χ4v) is 3.81. The summed E-state index contributed by atoms with van der Waals surface area (Å²) < 4.78 is 11.3. The normalized spacial score (nSPS) is 14.4. The average molecular weight is 425 g/mol. The maximum atomic E-state index is 11.4. The molecule has 0 radical (unpaired) electrons. The van der Waals surface area contributed by atoms with E-state index in [0.717, 1.165) is 76.5 Å². The number of nitrogens with one attached hydrogen (secondary N) is 1. The van der Waals surface area contributed by atoms with Crippen LogP contribution in [0, 0.1) is 0 Å². The van der Waals surface area contributed by atoms with Gasteiger partial charge in [0.25, 0.3) is 0 Å². The number of hydrogen-bond donors (Lipinski definition) is 1. The molecule has 0 spiro atoms. The summed E-state index contributed by atoms with van der Waals surface area (Å²) in [5, 5.41) is 2.66. The van der Waals surface area contributed by atoms with Crippen LogP contribution in [0.1, 0.15) is 36.0 Å². The quantitative estimate of drug-likeness (QED) is 0.529. The first-order valence-electron chi connectivity index (χ1n) is 11.5. The molecule has 1 heterocycles. The summed E-state index contributed by atoms with van der Waals surface area (Å²) in [6.07, 6.45) is 5.99. The molecule has 5 nitrogen and oxygen atoms in total. The van der Waals surface area contributed by atoms with Crippen molar-refractivity contribution in [3.63, 3.8) is 0 Å². The second kappa shape index (κ2) is 13.1. The lowest BCUT2D eigenvalue weighted by atomic mass is 10.0. The fourth-order valence-electron chi connectivity index (χ4n) is 3.81. The standard InChI is InChI=1S/C26H36N2O3/c1-27-26(29)21-24-9-7-22(8-10-24)5-2-3-6-23-11-13-25(14-12-23)31-18-4-15-28-16-19-30-20-17-28/h7-14H,2-6,15-21H2,1H3,(H,27,29). The number of ether oxygens (including phenoxy) is 2. The highest BCUT2D eigenvalue weighted by molar-refractivity contribution is 5.78. The highest BCUT2D eigenvalue weighted by Gasteiger charge is 2.09. The molecule has 1 saturated heterocycles. The third-order valence-electron chi connectivity index (χ3n) is 5.76. The Kier molecular flexibility index (Phi) is 9.87. The van der Waals surface area contributed by atoms with Gasteiger partial charge in [-0.25, -0.2) is 0 Å². The molecule has 168 valence electrons. The van der Waals surface area contributed by atoms with Gasteiger partial charge >= 0.3 is 0 Å². The number of rotatable bonds is 12. The van der Waals surface area contributed by atoms with Gasteiger partial charge in [-0.15, -0.1) is 0 Å². The van der Waals surface area contributed by atoms with Gasteiger partial charge in [-0.2, -0.15) is 0 Å². The van der Waals surface area contributed by atoms with Gasteiger partial charge in [0.1, 0.15) is 5.75 Å².